The Kier molecular flexibility index (Phi) is 4.08. The standard InChI is InChI=1S/C19H19NOS/c1-12(2)18-19(13(3)21)22-17(20-18)11-15-9-6-8-14-7-4-5-10-16(14)15/h4-10,12H,11H2,1-3H3. The smallest absolute Gasteiger partial charge is 0.171 e. The van der Waals surface area contributed by atoms with Crippen molar-refractivity contribution in [1.82, 2.24) is 4.98 Å². The number of hydrogen-bond acceptors (Lipinski definition) is 3. The number of hydrogen-bond donors (Lipinski definition) is 0. The molecule has 0 bridgehead atoms. The molecule has 0 N–H and O–H groups in total. The number of aromatic nitrogens is 1. The molecule has 112 valence electrons. The Morgan fingerprint density at radius 2 is 1.86 bits per heavy atom. The molecule has 2 aromatic carbocycles. The second-order valence-electron chi connectivity index (χ2n) is 5.85. The lowest BCUT2D eigenvalue weighted by molar-refractivity contribution is 0.102. The van der Waals surface area contributed by atoms with Crippen LogP contribution in [-0.4, -0.2) is 10.8 Å². The molecular formula is C19H19NOS. The zero-order valence-corrected chi connectivity index (χ0v) is 13.9. The third kappa shape index (κ3) is 2.81. The summed E-state index contributed by atoms with van der Waals surface area (Å²) >= 11 is 1.54. The van der Waals surface area contributed by atoms with Crippen molar-refractivity contribution in [3.8, 4) is 0 Å². The van der Waals surface area contributed by atoms with Crippen molar-refractivity contribution in [2.75, 3.05) is 0 Å². The second kappa shape index (κ2) is 6.01. The van der Waals surface area contributed by atoms with Gasteiger partial charge in [0.25, 0.3) is 0 Å². The number of nitrogens with zero attached hydrogens (tertiary/aromatic N) is 1. The van der Waals surface area contributed by atoms with E-state index in [2.05, 4.69) is 56.3 Å². The normalized spacial score (nSPS) is 11.3. The molecule has 3 aromatic rings. The lowest BCUT2D eigenvalue weighted by atomic mass is 10.0. The summed E-state index contributed by atoms with van der Waals surface area (Å²) in [7, 11) is 0. The number of thiazole rings is 1. The molecule has 0 saturated heterocycles. The maximum absolute atomic E-state index is 11.8. The van der Waals surface area contributed by atoms with Gasteiger partial charge in [0.15, 0.2) is 5.78 Å². The molecule has 0 aliphatic heterocycles. The van der Waals surface area contributed by atoms with Crippen LogP contribution in [-0.2, 0) is 6.42 Å². The molecule has 0 saturated carbocycles. The summed E-state index contributed by atoms with van der Waals surface area (Å²) in [5, 5.41) is 3.52. The van der Waals surface area contributed by atoms with Gasteiger partial charge in [-0.05, 0) is 22.3 Å². The average Bonchev–Trinajstić information content (AvgIpc) is 2.92. The predicted octanol–water partition coefficient (Wildman–Crippen LogP) is 5.21. The van der Waals surface area contributed by atoms with Crippen LogP contribution in [0.4, 0.5) is 0 Å². The van der Waals surface area contributed by atoms with Crippen LogP contribution < -0.4 is 0 Å². The Hall–Kier alpha value is -2.00. The fraction of sp³-hybridized carbons (Fsp3) is 0.263. The first-order valence-corrected chi connectivity index (χ1v) is 8.35. The molecule has 0 aliphatic carbocycles. The van der Waals surface area contributed by atoms with Crippen molar-refractivity contribution in [3.05, 3.63) is 63.6 Å². The van der Waals surface area contributed by atoms with Crippen LogP contribution in [0, 0.1) is 0 Å². The number of ketones is 1. The molecule has 0 spiro atoms. The fourth-order valence-electron chi connectivity index (χ4n) is 2.71. The predicted molar refractivity (Wildman–Crippen MR) is 93.0 cm³/mol. The van der Waals surface area contributed by atoms with E-state index in [9.17, 15) is 4.79 Å². The van der Waals surface area contributed by atoms with E-state index in [1.54, 1.807) is 6.92 Å². The van der Waals surface area contributed by atoms with E-state index in [-0.39, 0.29) is 11.7 Å². The van der Waals surface area contributed by atoms with Gasteiger partial charge in [0.2, 0.25) is 0 Å². The molecule has 3 rings (SSSR count). The zero-order valence-electron chi connectivity index (χ0n) is 13.1. The maximum Gasteiger partial charge on any atom is 0.171 e. The van der Waals surface area contributed by atoms with Gasteiger partial charge in [-0.2, -0.15) is 0 Å². The van der Waals surface area contributed by atoms with Gasteiger partial charge in [0.05, 0.1) is 15.6 Å². The summed E-state index contributed by atoms with van der Waals surface area (Å²) in [6, 6.07) is 14.7. The largest absolute Gasteiger partial charge is 0.294 e. The molecule has 0 unspecified atom stereocenters. The highest BCUT2D eigenvalue weighted by molar-refractivity contribution is 7.13. The van der Waals surface area contributed by atoms with Gasteiger partial charge in [0.1, 0.15) is 0 Å². The van der Waals surface area contributed by atoms with Crippen LogP contribution in [0.1, 0.15) is 52.6 Å². The van der Waals surface area contributed by atoms with Gasteiger partial charge in [-0.25, -0.2) is 4.98 Å². The van der Waals surface area contributed by atoms with E-state index in [0.29, 0.717) is 0 Å². The van der Waals surface area contributed by atoms with Gasteiger partial charge < -0.3 is 0 Å². The molecule has 1 heterocycles. The highest BCUT2D eigenvalue weighted by Gasteiger charge is 2.17. The van der Waals surface area contributed by atoms with E-state index in [0.717, 1.165) is 22.0 Å². The van der Waals surface area contributed by atoms with Crippen LogP contribution in [0.25, 0.3) is 10.8 Å². The minimum atomic E-state index is 0.116. The quantitative estimate of drug-likeness (QED) is 0.619. The molecule has 0 radical (unpaired) electrons. The topological polar surface area (TPSA) is 30.0 Å². The number of benzene rings is 2. The lowest BCUT2D eigenvalue weighted by Crippen LogP contribution is -1.98. The minimum Gasteiger partial charge on any atom is -0.294 e. The highest BCUT2D eigenvalue weighted by atomic mass is 32.1. The van der Waals surface area contributed by atoms with Crippen molar-refractivity contribution in [2.45, 2.75) is 33.1 Å². The Labute approximate surface area is 134 Å². The first-order chi connectivity index (χ1) is 10.6. The third-order valence-electron chi connectivity index (χ3n) is 3.79. The summed E-state index contributed by atoms with van der Waals surface area (Å²) in [6.45, 7) is 5.80. The van der Waals surface area contributed by atoms with E-state index < -0.39 is 0 Å². The Balaban J connectivity index is 2.02. The molecular weight excluding hydrogens is 290 g/mol. The van der Waals surface area contributed by atoms with Gasteiger partial charge in [-0.3, -0.25) is 4.79 Å². The molecule has 1 aromatic heterocycles. The summed E-state index contributed by atoms with van der Waals surface area (Å²) < 4.78 is 0. The summed E-state index contributed by atoms with van der Waals surface area (Å²) in [6.07, 6.45) is 0.777. The first-order valence-electron chi connectivity index (χ1n) is 7.53. The number of Topliss-reactive ketones (excluding diaryl/α,β-unsaturated/α-hetero) is 1. The van der Waals surface area contributed by atoms with Gasteiger partial charge in [-0.1, -0.05) is 56.3 Å². The zero-order chi connectivity index (χ0) is 15.7. The Morgan fingerprint density at radius 1 is 1.14 bits per heavy atom. The second-order valence-corrected chi connectivity index (χ2v) is 6.93. The third-order valence-corrected chi connectivity index (χ3v) is 4.96. The van der Waals surface area contributed by atoms with Gasteiger partial charge >= 0.3 is 0 Å². The van der Waals surface area contributed by atoms with Gasteiger partial charge in [0, 0.05) is 13.3 Å². The molecule has 22 heavy (non-hydrogen) atoms. The number of rotatable bonds is 4. The molecule has 0 amide bonds. The Bertz CT molecular complexity index is 827. The number of carbonyl (C=O) groups is 1. The van der Waals surface area contributed by atoms with E-state index in [1.165, 1.54) is 27.7 Å². The average molecular weight is 309 g/mol. The monoisotopic (exact) mass is 309 g/mol. The van der Waals surface area contributed by atoms with Crippen LogP contribution >= 0.6 is 11.3 Å². The van der Waals surface area contributed by atoms with Crippen molar-refractivity contribution >= 4 is 27.9 Å². The fourth-order valence-corrected chi connectivity index (χ4v) is 3.84. The Morgan fingerprint density at radius 3 is 2.55 bits per heavy atom. The molecule has 0 aliphatic rings. The van der Waals surface area contributed by atoms with E-state index in [4.69, 9.17) is 4.98 Å². The molecule has 3 heteroatoms. The van der Waals surface area contributed by atoms with Crippen molar-refractivity contribution in [3.63, 3.8) is 0 Å². The molecule has 2 nitrogen and oxygen atoms in total. The van der Waals surface area contributed by atoms with Crippen LogP contribution in [0.2, 0.25) is 0 Å². The van der Waals surface area contributed by atoms with Gasteiger partial charge in [-0.15, -0.1) is 11.3 Å². The summed E-state index contributed by atoms with van der Waals surface area (Å²) in [4.78, 5) is 17.4. The number of fused-ring (bicyclic) bond motifs is 1. The van der Waals surface area contributed by atoms with Crippen LogP contribution in [0.5, 0.6) is 0 Å². The molecule has 0 atom stereocenters. The van der Waals surface area contributed by atoms with E-state index in [1.807, 2.05) is 0 Å². The maximum atomic E-state index is 11.8. The van der Waals surface area contributed by atoms with Crippen LogP contribution in [0.3, 0.4) is 0 Å². The summed E-state index contributed by atoms with van der Waals surface area (Å²) in [5.74, 6) is 0.391. The van der Waals surface area contributed by atoms with Crippen LogP contribution in [0.15, 0.2) is 42.5 Å². The number of carbonyl (C=O) groups excluding carboxylic acids is 1. The van der Waals surface area contributed by atoms with E-state index >= 15 is 0 Å². The van der Waals surface area contributed by atoms with Crippen molar-refractivity contribution in [2.24, 2.45) is 0 Å². The lowest BCUT2D eigenvalue weighted by Gasteiger charge is -2.04. The SMILES string of the molecule is CC(=O)c1sc(Cc2cccc3ccccc23)nc1C(C)C. The summed E-state index contributed by atoms with van der Waals surface area (Å²) in [5.41, 5.74) is 2.20. The minimum absolute atomic E-state index is 0.116. The van der Waals surface area contributed by atoms with Crippen molar-refractivity contribution in [1.29, 1.82) is 0 Å². The van der Waals surface area contributed by atoms with Crippen molar-refractivity contribution < 1.29 is 4.79 Å². The first kappa shape index (κ1) is 14.9. The highest BCUT2D eigenvalue weighted by Crippen LogP contribution is 2.29. The molecule has 0 fully saturated rings.